The van der Waals surface area contributed by atoms with Gasteiger partial charge in [-0.15, -0.1) is 11.3 Å². The summed E-state index contributed by atoms with van der Waals surface area (Å²) in [6.45, 7) is 0. The molecule has 1 rings (SSSR count). The van der Waals surface area contributed by atoms with Crippen LogP contribution in [-0.4, -0.2) is 11.1 Å². The predicted octanol–water partition coefficient (Wildman–Crippen LogP) is 2.38. The Hall–Kier alpha value is -0.390. The van der Waals surface area contributed by atoms with Crippen molar-refractivity contribution in [1.82, 2.24) is 0 Å². The van der Waals surface area contributed by atoms with Crippen LogP contribution in [-0.2, 0) is 4.79 Å². The molecule has 0 spiro atoms. The Morgan fingerprint density at radius 1 is 1.77 bits per heavy atom. The minimum atomic E-state index is -0.800. The van der Waals surface area contributed by atoms with Gasteiger partial charge in [-0.05, 0) is 28.4 Å². The van der Waals surface area contributed by atoms with Crippen LogP contribution in [0.2, 0.25) is 0 Å². The molecule has 1 atom stereocenters. The van der Waals surface area contributed by atoms with E-state index >= 15 is 0 Å². The van der Waals surface area contributed by atoms with E-state index < -0.39 is 5.97 Å². The molecule has 5 heteroatoms. The number of carboxylic acids is 1. The van der Waals surface area contributed by atoms with Gasteiger partial charge in [0.25, 0.3) is 0 Å². The summed E-state index contributed by atoms with van der Waals surface area (Å²) in [5.74, 6) is -0.800. The highest BCUT2D eigenvalue weighted by atomic mass is 79.9. The number of hydrogen-bond donors (Lipinski definition) is 2. The van der Waals surface area contributed by atoms with E-state index in [9.17, 15) is 4.79 Å². The van der Waals surface area contributed by atoms with Crippen molar-refractivity contribution in [2.45, 2.75) is 18.9 Å². The van der Waals surface area contributed by atoms with Gasteiger partial charge in [-0.3, -0.25) is 4.79 Å². The van der Waals surface area contributed by atoms with Crippen LogP contribution in [0.3, 0.4) is 0 Å². The Morgan fingerprint density at radius 3 is 2.92 bits per heavy atom. The molecular formula is C8H10BrNO2S. The van der Waals surface area contributed by atoms with E-state index in [-0.39, 0.29) is 12.5 Å². The van der Waals surface area contributed by atoms with Gasteiger partial charge < -0.3 is 10.8 Å². The van der Waals surface area contributed by atoms with Crippen molar-refractivity contribution in [3.05, 3.63) is 20.8 Å². The lowest BCUT2D eigenvalue weighted by molar-refractivity contribution is -0.137. The van der Waals surface area contributed by atoms with Crippen molar-refractivity contribution in [1.29, 1.82) is 0 Å². The second-order valence-electron chi connectivity index (χ2n) is 2.71. The van der Waals surface area contributed by atoms with Gasteiger partial charge >= 0.3 is 5.97 Å². The Balaban J connectivity index is 2.48. The lowest BCUT2D eigenvalue weighted by Crippen LogP contribution is -2.10. The first-order chi connectivity index (χ1) is 6.09. The molecule has 13 heavy (non-hydrogen) atoms. The fourth-order valence-corrected chi connectivity index (χ4v) is 2.43. The number of nitrogens with two attached hydrogens (primary N) is 1. The molecule has 0 fully saturated rings. The molecule has 0 saturated carbocycles. The van der Waals surface area contributed by atoms with Crippen molar-refractivity contribution in [2.24, 2.45) is 5.73 Å². The van der Waals surface area contributed by atoms with E-state index in [1.54, 1.807) is 11.3 Å². The molecule has 0 amide bonds. The predicted molar refractivity (Wildman–Crippen MR) is 55.8 cm³/mol. The van der Waals surface area contributed by atoms with E-state index in [4.69, 9.17) is 10.8 Å². The lowest BCUT2D eigenvalue weighted by Gasteiger charge is -2.06. The van der Waals surface area contributed by atoms with Crippen LogP contribution < -0.4 is 5.73 Å². The molecule has 1 aromatic rings. The standard InChI is InChI=1S/C8H10BrNO2S/c9-5-3-7(13-4-5)6(10)1-2-8(11)12/h3-4,6H,1-2,10H2,(H,11,12). The molecular weight excluding hydrogens is 254 g/mol. The maximum Gasteiger partial charge on any atom is 0.303 e. The summed E-state index contributed by atoms with van der Waals surface area (Å²) >= 11 is 4.86. The first kappa shape index (κ1) is 10.7. The van der Waals surface area contributed by atoms with Gasteiger partial charge in [0.05, 0.1) is 0 Å². The molecule has 0 bridgehead atoms. The minimum absolute atomic E-state index is 0.122. The van der Waals surface area contributed by atoms with Gasteiger partial charge in [0.2, 0.25) is 0 Å². The van der Waals surface area contributed by atoms with Crippen LogP contribution >= 0.6 is 27.3 Å². The Bertz CT molecular complexity index is 300. The minimum Gasteiger partial charge on any atom is -0.481 e. The number of carbonyl (C=O) groups is 1. The fraction of sp³-hybridized carbons (Fsp3) is 0.375. The van der Waals surface area contributed by atoms with Gasteiger partial charge in [0, 0.05) is 27.2 Å². The van der Waals surface area contributed by atoms with E-state index in [2.05, 4.69) is 15.9 Å². The molecule has 0 aromatic carbocycles. The van der Waals surface area contributed by atoms with Gasteiger partial charge in [-0.2, -0.15) is 0 Å². The molecule has 1 aromatic heterocycles. The molecule has 0 aliphatic heterocycles. The summed E-state index contributed by atoms with van der Waals surface area (Å²) in [6, 6.07) is 1.77. The van der Waals surface area contributed by atoms with Crippen LogP contribution in [0.4, 0.5) is 0 Å². The average molecular weight is 264 g/mol. The highest BCUT2D eigenvalue weighted by Crippen LogP contribution is 2.26. The molecule has 0 aliphatic rings. The smallest absolute Gasteiger partial charge is 0.303 e. The summed E-state index contributed by atoms with van der Waals surface area (Å²) in [5, 5.41) is 10.4. The molecule has 1 heterocycles. The van der Waals surface area contributed by atoms with E-state index in [1.807, 2.05) is 11.4 Å². The maximum absolute atomic E-state index is 10.3. The van der Waals surface area contributed by atoms with Crippen LogP contribution in [0.25, 0.3) is 0 Å². The second-order valence-corrected chi connectivity index (χ2v) is 4.56. The van der Waals surface area contributed by atoms with E-state index in [0.717, 1.165) is 9.35 Å². The van der Waals surface area contributed by atoms with Gasteiger partial charge in [0.1, 0.15) is 0 Å². The van der Waals surface area contributed by atoms with Crippen LogP contribution in [0.1, 0.15) is 23.8 Å². The topological polar surface area (TPSA) is 63.3 Å². The molecule has 0 radical (unpaired) electrons. The van der Waals surface area contributed by atoms with E-state index in [1.165, 1.54) is 0 Å². The zero-order chi connectivity index (χ0) is 9.84. The van der Waals surface area contributed by atoms with Crippen LogP contribution in [0.15, 0.2) is 15.9 Å². The molecule has 3 nitrogen and oxygen atoms in total. The molecule has 3 N–H and O–H groups in total. The highest BCUT2D eigenvalue weighted by molar-refractivity contribution is 9.10. The van der Waals surface area contributed by atoms with Crippen molar-refractivity contribution in [2.75, 3.05) is 0 Å². The van der Waals surface area contributed by atoms with Crippen LogP contribution in [0.5, 0.6) is 0 Å². The Kier molecular flexibility index (Phi) is 3.90. The lowest BCUT2D eigenvalue weighted by atomic mass is 10.1. The number of carboxylic acid groups (broad SMARTS) is 1. The molecule has 1 unspecified atom stereocenters. The largest absolute Gasteiger partial charge is 0.481 e. The normalized spacial score (nSPS) is 12.8. The number of rotatable bonds is 4. The van der Waals surface area contributed by atoms with Crippen LogP contribution in [0, 0.1) is 0 Å². The zero-order valence-electron chi connectivity index (χ0n) is 6.87. The molecule has 0 aliphatic carbocycles. The summed E-state index contributed by atoms with van der Waals surface area (Å²) in [7, 11) is 0. The number of aliphatic carboxylic acids is 1. The Labute approximate surface area is 88.7 Å². The van der Waals surface area contributed by atoms with Gasteiger partial charge in [-0.25, -0.2) is 0 Å². The third-order valence-corrected chi connectivity index (χ3v) is 3.45. The van der Waals surface area contributed by atoms with Crippen molar-refractivity contribution in [3.8, 4) is 0 Å². The fourth-order valence-electron chi connectivity index (χ4n) is 0.944. The summed E-state index contributed by atoms with van der Waals surface area (Å²) in [4.78, 5) is 11.3. The first-order valence-electron chi connectivity index (χ1n) is 3.81. The molecule has 0 saturated heterocycles. The SMILES string of the molecule is NC(CCC(=O)O)c1cc(Br)cs1. The quantitative estimate of drug-likeness (QED) is 0.877. The zero-order valence-corrected chi connectivity index (χ0v) is 9.27. The average Bonchev–Trinajstić information content (AvgIpc) is 2.47. The highest BCUT2D eigenvalue weighted by Gasteiger charge is 2.10. The Morgan fingerprint density at radius 2 is 2.46 bits per heavy atom. The first-order valence-corrected chi connectivity index (χ1v) is 5.48. The van der Waals surface area contributed by atoms with Crippen molar-refractivity contribution < 1.29 is 9.90 Å². The summed E-state index contributed by atoms with van der Waals surface area (Å²) in [5.41, 5.74) is 5.78. The monoisotopic (exact) mass is 263 g/mol. The van der Waals surface area contributed by atoms with Gasteiger partial charge in [0.15, 0.2) is 0 Å². The second kappa shape index (κ2) is 4.74. The van der Waals surface area contributed by atoms with Crippen molar-refractivity contribution in [3.63, 3.8) is 0 Å². The molecule has 72 valence electrons. The number of thiophene rings is 1. The number of halogens is 1. The number of hydrogen-bond acceptors (Lipinski definition) is 3. The third-order valence-electron chi connectivity index (χ3n) is 1.62. The summed E-state index contributed by atoms with van der Waals surface area (Å²) in [6.07, 6.45) is 0.610. The third kappa shape index (κ3) is 3.46. The van der Waals surface area contributed by atoms with Crippen molar-refractivity contribution >= 4 is 33.2 Å². The maximum atomic E-state index is 10.3. The van der Waals surface area contributed by atoms with E-state index in [0.29, 0.717) is 6.42 Å². The van der Waals surface area contributed by atoms with Gasteiger partial charge in [-0.1, -0.05) is 0 Å². The summed E-state index contributed by atoms with van der Waals surface area (Å²) < 4.78 is 0.998.